The van der Waals surface area contributed by atoms with Crippen molar-refractivity contribution in [2.45, 2.75) is 167 Å². The molecule has 0 unspecified atom stereocenters. The number of thiophene rings is 4. The molecule has 0 saturated heterocycles. The Morgan fingerprint density at radius 1 is 0.361 bits per heavy atom. The summed E-state index contributed by atoms with van der Waals surface area (Å²) in [7, 11) is 0. The summed E-state index contributed by atoms with van der Waals surface area (Å²) in [5.74, 6) is -0.667. The normalized spacial score (nSPS) is 14.8. The van der Waals surface area contributed by atoms with Crippen LogP contribution in [0.5, 0.6) is 0 Å². The van der Waals surface area contributed by atoms with E-state index in [4.69, 9.17) is 46.4 Å². The lowest BCUT2D eigenvalue weighted by molar-refractivity contribution is 0.103. The molecular formula is C94H78Cl4N4O2S4. The first-order valence-corrected chi connectivity index (χ1v) is 42.8. The average molecular weight is 1570 g/mol. The Morgan fingerprint density at radius 3 is 0.926 bits per heavy atom. The molecule has 4 aromatic heterocycles. The van der Waals surface area contributed by atoms with Crippen molar-refractivity contribution in [3.05, 3.63) is 287 Å². The standard InChI is InChI=1S/C94H78Cl4N4O2S4/c1-5-9-13-17-21-55-25-33-61(34-26-55)93(62-35-27-56(28-36-62)22-18-14-10-6-2)75-45-72-76(46-71(75)89-85(93)91-81(107-89)43-65(105-91)41-73-83(59(51-99)52-100)67-47-77(95)79(97)49-69(67)87(73)103)94(63-37-29-57(30-38-63)23-19-15-11-7-3,64-39-31-58(32-40-64)24-20-16-12-8-4)86-90(72)108-82-44-66(106-92(82)86)42-74-84(60(53-101)54-102)68-48-78(96)80(98)50-70(68)88(74)104/h25-50H,5-24H2,1-4H3/b73-41+,74-42?. The number of allylic oxidation sites excluding steroid dienone is 6. The summed E-state index contributed by atoms with van der Waals surface area (Å²) in [5, 5.41) is 42.9. The number of Topliss-reactive ketones (excluding diaryl/α,β-unsaturated/α-hetero) is 2. The number of hydrogen-bond donors (Lipinski definition) is 0. The Labute approximate surface area is 669 Å². The van der Waals surface area contributed by atoms with Gasteiger partial charge in [-0.25, -0.2) is 0 Å². The molecule has 6 nitrogen and oxygen atoms in total. The summed E-state index contributed by atoms with van der Waals surface area (Å²) in [4.78, 5) is 33.6. The first kappa shape index (κ1) is 74.7. The maximum Gasteiger partial charge on any atom is 0.194 e. The van der Waals surface area contributed by atoms with Crippen molar-refractivity contribution in [3.63, 3.8) is 0 Å². The van der Waals surface area contributed by atoms with Gasteiger partial charge in [0.05, 0.1) is 40.3 Å². The number of rotatable bonds is 26. The van der Waals surface area contributed by atoms with E-state index in [-0.39, 0.29) is 65.1 Å². The summed E-state index contributed by atoms with van der Waals surface area (Å²) in [5.41, 5.74) is 17.0. The number of ketones is 2. The van der Waals surface area contributed by atoms with E-state index in [1.54, 1.807) is 69.6 Å². The third-order valence-electron chi connectivity index (χ3n) is 22.5. The molecule has 0 spiro atoms. The SMILES string of the molecule is CCCCCCc1ccc(C2(c3ccc(CCCCCC)cc3)c3cc4c(cc3-c3sc5cc(C=C6C(=O)c7cc(Cl)c(Cl)cc7C6=C(C#N)C#N)sc5c32)C(c2ccc(CCCCCC)cc2)(c2ccc(CCCCCC)cc2)c2c-4sc3cc(/C=C4/C(=O)c5cc(Cl)c(Cl)cc5C4=C(C#N)C#N)sc23)cc1. The third kappa shape index (κ3) is 13.0. The molecule has 108 heavy (non-hydrogen) atoms. The van der Waals surface area contributed by atoms with Crippen LogP contribution in [0.1, 0.15) is 239 Å². The molecule has 14 heteroatoms. The number of benzene rings is 7. The van der Waals surface area contributed by atoms with Gasteiger partial charge in [-0.15, -0.1) is 45.3 Å². The lowest BCUT2D eigenvalue weighted by Gasteiger charge is -2.36. The summed E-state index contributed by atoms with van der Waals surface area (Å²) >= 11 is 33.3. The number of unbranched alkanes of at least 4 members (excludes halogenated alkanes) is 12. The highest BCUT2D eigenvalue weighted by Crippen LogP contribution is 2.68. The quantitative estimate of drug-likeness (QED) is 0.0302. The number of hydrogen-bond acceptors (Lipinski definition) is 10. The minimum Gasteiger partial charge on any atom is -0.289 e. The summed E-state index contributed by atoms with van der Waals surface area (Å²) in [6, 6.07) is 62.1. The van der Waals surface area contributed by atoms with Gasteiger partial charge in [-0.2, -0.15) is 21.0 Å². The molecular weight excluding hydrogens is 1490 g/mol. The predicted octanol–water partition coefficient (Wildman–Crippen LogP) is 28.2. The predicted molar refractivity (Wildman–Crippen MR) is 453 cm³/mol. The number of nitriles is 4. The van der Waals surface area contributed by atoms with Crippen molar-refractivity contribution in [2.75, 3.05) is 0 Å². The van der Waals surface area contributed by atoms with Crippen LogP contribution in [-0.4, -0.2) is 11.6 Å². The van der Waals surface area contributed by atoms with Crippen LogP contribution in [-0.2, 0) is 36.5 Å². The molecule has 0 amide bonds. The second-order valence-corrected chi connectivity index (χ2v) is 35.0. The molecule has 4 heterocycles. The first-order chi connectivity index (χ1) is 52.7. The van der Waals surface area contributed by atoms with E-state index in [9.17, 15) is 30.6 Å². The molecule has 4 aliphatic rings. The number of fused-ring (bicyclic) bond motifs is 12. The van der Waals surface area contributed by atoms with Crippen LogP contribution >= 0.6 is 91.8 Å². The van der Waals surface area contributed by atoms with Gasteiger partial charge in [0, 0.05) is 73.5 Å². The van der Waals surface area contributed by atoms with Gasteiger partial charge in [0.1, 0.15) is 35.4 Å². The van der Waals surface area contributed by atoms with Crippen molar-refractivity contribution < 1.29 is 9.59 Å². The van der Waals surface area contributed by atoms with Crippen molar-refractivity contribution >= 4 is 145 Å². The molecule has 11 aromatic rings. The zero-order valence-electron chi connectivity index (χ0n) is 60.9. The monoisotopic (exact) mass is 1560 g/mol. The summed E-state index contributed by atoms with van der Waals surface area (Å²) in [6.45, 7) is 9.02. The number of carbonyl (C=O) groups excluding carboxylic acids is 2. The van der Waals surface area contributed by atoms with Gasteiger partial charge in [-0.3, -0.25) is 9.59 Å². The molecule has 0 saturated carbocycles. The fourth-order valence-corrected chi connectivity index (χ4v) is 23.3. The molecule has 7 aromatic carbocycles. The van der Waals surface area contributed by atoms with E-state index in [0.29, 0.717) is 22.3 Å². The van der Waals surface area contributed by atoms with Crippen LogP contribution in [0.4, 0.5) is 0 Å². The second-order valence-electron chi connectivity index (χ2n) is 29.1. The zero-order valence-corrected chi connectivity index (χ0v) is 67.2. The Bertz CT molecular complexity index is 5270. The Balaban J connectivity index is 1.01. The van der Waals surface area contributed by atoms with E-state index in [0.717, 1.165) is 149 Å². The average Bonchev–Trinajstić information content (AvgIpc) is 1.49. The molecule has 0 bridgehead atoms. The van der Waals surface area contributed by atoms with E-state index in [1.165, 1.54) is 95.9 Å². The number of aryl methyl sites for hydroxylation is 4. The minimum atomic E-state index is -0.892. The topological polar surface area (TPSA) is 129 Å². The van der Waals surface area contributed by atoms with E-state index >= 15 is 0 Å². The molecule has 0 N–H and O–H groups in total. The van der Waals surface area contributed by atoms with Gasteiger partial charge in [-0.05, 0) is 190 Å². The van der Waals surface area contributed by atoms with E-state index in [1.807, 2.05) is 12.2 Å². The van der Waals surface area contributed by atoms with E-state index in [2.05, 4.69) is 173 Å². The molecule has 0 aliphatic heterocycles. The van der Waals surface area contributed by atoms with Crippen LogP contribution in [0, 0.1) is 45.3 Å². The van der Waals surface area contributed by atoms with Crippen LogP contribution in [0.15, 0.2) is 168 Å². The Kier molecular flexibility index (Phi) is 21.9. The highest BCUT2D eigenvalue weighted by molar-refractivity contribution is 7.31. The van der Waals surface area contributed by atoms with Gasteiger partial charge in [0.25, 0.3) is 0 Å². The fraction of sp³-hybridized carbons (Fsp3) is 0.277. The lowest BCUT2D eigenvalue weighted by atomic mass is 9.65. The van der Waals surface area contributed by atoms with Crippen molar-refractivity contribution in [1.29, 1.82) is 21.0 Å². The van der Waals surface area contributed by atoms with Crippen LogP contribution < -0.4 is 0 Å². The van der Waals surface area contributed by atoms with Gasteiger partial charge < -0.3 is 0 Å². The molecule has 4 aliphatic carbocycles. The van der Waals surface area contributed by atoms with Gasteiger partial charge in [-0.1, -0.05) is 248 Å². The van der Waals surface area contributed by atoms with Crippen molar-refractivity contribution in [3.8, 4) is 45.2 Å². The van der Waals surface area contributed by atoms with Gasteiger partial charge in [0.15, 0.2) is 11.6 Å². The van der Waals surface area contributed by atoms with Crippen molar-refractivity contribution in [2.24, 2.45) is 0 Å². The lowest BCUT2D eigenvalue weighted by Crippen LogP contribution is -2.30. The third-order valence-corrected chi connectivity index (χ3v) is 28.7. The summed E-state index contributed by atoms with van der Waals surface area (Å²) in [6.07, 6.45) is 26.1. The second kappa shape index (κ2) is 31.7. The minimum absolute atomic E-state index is 0.183. The van der Waals surface area contributed by atoms with Crippen molar-refractivity contribution in [1.82, 2.24) is 0 Å². The fourth-order valence-electron chi connectivity index (χ4n) is 17.2. The van der Waals surface area contributed by atoms with Crippen LogP contribution in [0.25, 0.3) is 63.0 Å². The molecule has 0 fully saturated rings. The number of carbonyl (C=O) groups is 2. The molecule has 0 radical (unpaired) electrons. The summed E-state index contributed by atoms with van der Waals surface area (Å²) < 4.78 is 4.28. The Hall–Kier alpha value is -8.72. The van der Waals surface area contributed by atoms with Gasteiger partial charge in [0.2, 0.25) is 0 Å². The molecule has 0 atom stereocenters. The smallest absolute Gasteiger partial charge is 0.194 e. The Morgan fingerprint density at radius 2 is 0.648 bits per heavy atom. The number of nitrogens with zero attached hydrogens (tertiary/aromatic N) is 4. The van der Waals surface area contributed by atoms with Crippen LogP contribution in [0.2, 0.25) is 20.1 Å². The highest BCUT2D eigenvalue weighted by atomic mass is 35.5. The zero-order chi connectivity index (χ0) is 75.1. The molecule has 538 valence electrons. The largest absolute Gasteiger partial charge is 0.289 e. The highest BCUT2D eigenvalue weighted by Gasteiger charge is 2.55. The number of halogens is 4. The maximum absolute atomic E-state index is 14.8. The molecule has 15 rings (SSSR count). The van der Waals surface area contributed by atoms with Crippen LogP contribution in [0.3, 0.4) is 0 Å². The maximum atomic E-state index is 14.8. The first-order valence-electron chi connectivity index (χ1n) is 38.0. The van der Waals surface area contributed by atoms with E-state index < -0.39 is 10.8 Å². The van der Waals surface area contributed by atoms with Gasteiger partial charge >= 0.3 is 0 Å².